The van der Waals surface area contributed by atoms with Gasteiger partial charge in [0.15, 0.2) is 0 Å². The maximum Gasteiger partial charge on any atom is 0.229 e. The number of piperidine rings is 1. The molecule has 120 valence electrons. The Morgan fingerprint density at radius 1 is 1.50 bits per heavy atom. The van der Waals surface area contributed by atoms with Gasteiger partial charge < -0.3 is 0 Å². The van der Waals surface area contributed by atoms with Gasteiger partial charge in [0.05, 0.1) is 6.26 Å². The molecule has 22 heavy (non-hydrogen) atoms. The molecular formula is C17H24N2O2S. The zero-order valence-corrected chi connectivity index (χ0v) is 14.1. The second-order valence-corrected chi connectivity index (χ2v) is 8.35. The number of anilines is 1. The second kappa shape index (κ2) is 5.39. The van der Waals surface area contributed by atoms with Crippen molar-refractivity contribution in [1.29, 1.82) is 0 Å². The Morgan fingerprint density at radius 2 is 2.27 bits per heavy atom. The van der Waals surface area contributed by atoms with Gasteiger partial charge in [-0.25, -0.2) is 8.42 Å². The molecule has 3 unspecified atom stereocenters. The van der Waals surface area contributed by atoms with E-state index in [1.54, 1.807) is 0 Å². The van der Waals surface area contributed by atoms with Gasteiger partial charge in [-0.2, -0.15) is 0 Å². The fraction of sp³-hybridized carbons (Fsp3) is 0.529. The van der Waals surface area contributed by atoms with Crippen molar-refractivity contribution in [2.24, 2.45) is 11.8 Å². The van der Waals surface area contributed by atoms with Gasteiger partial charge in [0.2, 0.25) is 10.0 Å². The molecule has 3 atom stereocenters. The first-order valence-electron chi connectivity index (χ1n) is 7.82. The molecule has 1 saturated carbocycles. The number of hydrogen-bond acceptors (Lipinski definition) is 3. The summed E-state index contributed by atoms with van der Waals surface area (Å²) in [5.41, 5.74) is 2.13. The molecule has 1 saturated heterocycles. The van der Waals surface area contributed by atoms with Gasteiger partial charge in [0.25, 0.3) is 0 Å². The SMILES string of the molecule is C=CCN1CC2C(CC)C2(c2cccc(NS(C)(=O)=O)c2)C1. The Labute approximate surface area is 133 Å². The van der Waals surface area contributed by atoms with Crippen molar-refractivity contribution >= 4 is 15.7 Å². The van der Waals surface area contributed by atoms with Crippen LogP contribution >= 0.6 is 0 Å². The van der Waals surface area contributed by atoms with E-state index in [1.165, 1.54) is 18.2 Å². The maximum atomic E-state index is 11.5. The van der Waals surface area contributed by atoms with Crippen molar-refractivity contribution in [3.8, 4) is 0 Å². The Morgan fingerprint density at radius 3 is 2.91 bits per heavy atom. The first-order valence-corrected chi connectivity index (χ1v) is 9.71. The zero-order valence-electron chi connectivity index (χ0n) is 13.2. The molecule has 0 radical (unpaired) electrons. The topological polar surface area (TPSA) is 49.4 Å². The Balaban J connectivity index is 1.89. The highest BCUT2D eigenvalue weighted by atomic mass is 32.2. The van der Waals surface area contributed by atoms with Crippen LogP contribution in [0.3, 0.4) is 0 Å². The molecular weight excluding hydrogens is 296 g/mol. The number of fused-ring (bicyclic) bond motifs is 1. The van der Waals surface area contributed by atoms with Crippen LogP contribution < -0.4 is 4.72 Å². The lowest BCUT2D eigenvalue weighted by atomic mass is 9.91. The summed E-state index contributed by atoms with van der Waals surface area (Å²) in [6.07, 6.45) is 4.32. The van der Waals surface area contributed by atoms with Crippen molar-refractivity contribution in [3.05, 3.63) is 42.5 Å². The summed E-state index contributed by atoms with van der Waals surface area (Å²) in [7, 11) is -3.24. The molecule has 1 aliphatic heterocycles. The highest BCUT2D eigenvalue weighted by molar-refractivity contribution is 7.92. The lowest BCUT2D eigenvalue weighted by Crippen LogP contribution is -2.29. The molecule has 1 aromatic rings. The van der Waals surface area contributed by atoms with E-state index in [4.69, 9.17) is 0 Å². The van der Waals surface area contributed by atoms with Gasteiger partial charge in [0, 0.05) is 30.7 Å². The lowest BCUT2D eigenvalue weighted by molar-refractivity contribution is 0.301. The van der Waals surface area contributed by atoms with Crippen LogP contribution in [0, 0.1) is 11.8 Å². The monoisotopic (exact) mass is 320 g/mol. The average molecular weight is 320 g/mol. The van der Waals surface area contributed by atoms with Crippen LogP contribution in [-0.4, -0.2) is 39.2 Å². The smallest absolute Gasteiger partial charge is 0.229 e. The van der Waals surface area contributed by atoms with Crippen LogP contribution in [0.25, 0.3) is 0 Å². The third-order valence-corrected chi connectivity index (χ3v) is 5.78. The summed E-state index contributed by atoms with van der Waals surface area (Å²) in [6, 6.07) is 7.93. The molecule has 0 aromatic heterocycles. The van der Waals surface area contributed by atoms with E-state index in [0.717, 1.165) is 19.6 Å². The first-order chi connectivity index (χ1) is 10.4. The normalized spacial score (nSPS) is 30.8. The predicted octanol–water partition coefficient (Wildman–Crippen LogP) is 2.45. The minimum atomic E-state index is -3.24. The van der Waals surface area contributed by atoms with Crippen LogP contribution in [0.4, 0.5) is 5.69 Å². The second-order valence-electron chi connectivity index (χ2n) is 6.60. The average Bonchev–Trinajstić information content (AvgIpc) is 2.88. The van der Waals surface area contributed by atoms with Crippen LogP contribution in [0.1, 0.15) is 18.9 Å². The predicted molar refractivity (Wildman–Crippen MR) is 90.5 cm³/mol. The number of nitrogens with zero attached hydrogens (tertiary/aromatic N) is 1. The van der Waals surface area contributed by atoms with Crippen molar-refractivity contribution in [3.63, 3.8) is 0 Å². The quantitative estimate of drug-likeness (QED) is 0.819. The van der Waals surface area contributed by atoms with E-state index in [1.807, 2.05) is 24.3 Å². The van der Waals surface area contributed by atoms with Gasteiger partial charge in [-0.15, -0.1) is 6.58 Å². The molecule has 1 aliphatic carbocycles. The van der Waals surface area contributed by atoms with Crippen molar-refractivity contribution in [2.45, 2.75) is 18.8 Å². The molecule has 5 heteroatoms. The Kier molecular flexibility index (Phi) is 3.81. The summed E-state index contributed by atoms with van der Waals surface area (Å²) in [5.74, 6) is 1.40. The maximum absolute atomic E-state index is 11.5. The fourth-order valence-electron chi connectivity index (χ4n) is 4.42. The summed E-state index contributed by atoms with van der Waals surface area (Å²) in [6.45, 7) is 9.18. The summed E-state index contributed by atoms with van der Waals surface area (Å²) in [5, 5.41) is 0. The van der Waals surface area contributed by atoms with Crippen molar-refractivity contribution < 1.29 is 8.42 Å². The number of rotatable bonds is 6. The molecule has 0 amide bonds. The lowest BCUT2D eigenvalue weighted by Gasteiger charge is -2.23. The first kappa shape index (κ1) is 15.6. The number of hydrogen-bond donors (Lipinski definition) is 1. The highest BCUT2D eigenvalue weighted by Crippen LogP contribution is 2.65. The Hall–Kier alpha value is -1.33. The molecule has 1 aromatic carbocycles. The minimum Gasteiger partial charge on any atom is -0.298 e. The number of sulfonamides is 1. The van der Waals surface area contributed by atoms with Crippen LogP contribution in [-0.2, 0) is 15.4 Å². The highest BCUT2D eigenvalue weighted by Gasteiger charge is 2.68. The molecule has 1 heterocycles. The van der Waals surface area contributed by atoms with E-state index < -0.39 is 10.0 Å². The van der Waals surface area contributed by atoms with E-state index in [2.05, 4.69) is 29.2 Å². The molecule has 0 bridgehead atoms. The molecule has 2 fully saturated rings. The molecule has 0 spiro atoms. The van der Waals surface area contributed by atoms with E-state index in [0.29, 0.717) is 17.5 Å². The zero-order chi connectivity index (χ0) is 16.0. The van der Waals surface area contributed by atoms with E-state index in [-0.39, 0.29) is 5.41 Å². The molecule has 3 rings (SSSR count). The van der Waals surface area contributed by atoms with Gasteiger partial charge in [-0.1, -0.05) is 31.6 Å². The van der Waals surface area contributed by atoms with Crippen LogP contribution in [0.5, 0.6) is 0 Å². The number of benzene rings is 1. The van der Waals surface area contributed by atoms with E-state index in [9.17, 15) is 8.42 Å². The number of likely N-dealkylation sites (tertiary alicyclic amines) is 1. The standard InChI is InChI=1S/C17H24N2O2S/c1-4-9-19-11-16-15(5-2)17(16,12-19)13-7-6-8-14(10-13)18-22(3,20)21/h4,6-8,10,15-16,18H,1,5,9,11-12H2,2-3H3. The minimum absolute atomic E-state index is 0.201. The molecule has 1 N–H and O–H groups in total. The number of nitrogens with one attached hydrogen (secondary N) is 1. The largest absolute Gasteiger partial charge is 0.298 e. The third-order valence-electron chi connectivity index (χ3n) is 5.17. The summed E-state index contributed by atoms with van der Waals surface area (Å²) >= 11 is 0. The summed E-state index contributed by atoms with van der Waals surface area (Å²) in [4.78, 5) is 2.44. The Bertz CT molecular complexity index is 686. The van der Waals surface area contributed by atoms with E-state index >= 15 is 0 Å². The fourth-order valence-corrected chi connectivity index (χ4v) is 4.97. The van der Waals surface area contributed by atoms with Gasteiger partial charge in [-0.05, 0) is 29.5 Å². The van der Waals surface area contributed by atoms with Gasteiger partial charge in [0.1, 0.15) is 0 Å². The van der Waals surface area contributed by atoms with Gasteiger partial charge >= 0.3 is 0 Å². The molecule has 2 aliphatic rings. The van der Waals surface area contributed by atoms with Crippen molar-refractivity contribution in [2.75, 3.05) is 30.6 Å². The van der Waals surface area contributed by atoms with Crippen molar-refractivity contribution in [1.82, 2.24) is 4.90 Å². The third kappa shape index (κ3) is 2.57. The molecule has 4 nitrogen and oxygen atoms in total. The van der Waals surface area contributed by atoms with Gasteiger partial charge in [-0.3, -0.25) is 9.62 Å². The summed E-state index contributed by atoms with van der Waals surface area (Å²) < 4.78 is 25.5. The van der Waals surface area contributed by atoms with Crippen LogP contribution in [0.2, 0.25) is 0 Å². The van der Waals surface area contributed by atoms with Crippen LogP contribution in [0.15, 0.2) is 36.9 Å².